The SMILES string of the molecule is COCCOCCOCCCNC(=O)N1CCC(=O)[C@H](C)C1. The molecule has 128 valence electrons. The van der Waals surface area contributed by atoms with Gasteiger partial charge in [0, 0.05) is 45.7 Å². The minimum absolute atomic E-state index is 0.0547. The second-order valence-electron chi connectivity index (χ2n) is 5.37. The number of Topliss-reactive ketones (excluding diaryl/α,β-unsaturated/α-hetero) is 1. The second kappa shape index (κ2) is 11.4. The number of hydrogen-bond acceptors (Lipinski definition) is 5. The molecule has 0 saturated carbocycles. The van der Waals surface area contributed by atoms with Crippen LogP contribution in [-0.2, 0) is 19.0 Å². The van der Waals surface area contributed by atoms with Crippen molar-refractivity contribution < 1.29 is 23.8 Å². The van der Waals surface area contributed by atoms with Gasteiger partial charge in [0.05, 0.1) is 26.4 Å². The van der Waals surface area contributed by atoms with Gasteiger partial charge in [-0.05, 0) is 6.42 Å². The molecule has 1 aliphatic rings. The molecule has 1 aliphatic heterocycles. The molecular formula is C15H28N2O5. The zero-order valence-corrected chi connectivity index (χ0v) is 13.6. The van der Waals surface area contributed by atoms with E-state index in [4.69, 9.17) is 14.2 Å². The number of rotatable bonds is 10. The van der Waals surface area contributed by atoms with E-state index in [1.807, 2.05) is 6.92 Å². The van der Waals surface area contributed by atoms with Crippen molar-refractivity contribution in [1.82, 2.24) is 10.2 Å². The summed E-state index contributed by atoms with van der Waals surface area (Å²) in [6.45, 7) is 6.32. The van der Waals surface area contributed by atoms with Crippen molar-refractivity contribution in [3.63, 3.8) is 0 Å². The Labute approximate surface area is 132 Å². The Morgan fingerprint density at radius 1 is 1.23 bits per heavy atom. The summed E-state index contributed by atoms with van der Waals surface area (Å²) < 4.78 is 15.5. The molecule has 0 aromatic rings. The molecular weight excluding hydrogens is 288 g/mol. The van der Waals surface area contributed by atoms with Crippen molar-refractivity contribution in [2.45, 2.75) is 19.8 Å². The van der Waals surface area contributed by atoms with E-state index in [0.29, 0.717) is 59.1 Å². The zero-order chi connectivity index (χ0) is 16.2. The van der Waals surface area contributed by atoms with Crippen LogP contribution in [0, 0.1) is 5.92 Å². The van der Waals surface area contributed by atoms with Crippen LogP contribution in [0.4, 0.5) is 4.79 Å². The van der Waals surface area contributed by atoms with Crippen LogP contribution in [0.5, 0.6) is 0 Å². The normalized spacial score (nSPS) is 18.5. The molecule has 7 nitrogen and oxygen atoms in total. The lowest BCUT2D eigenvalue weighted by Crippen LogP contribution is -2.47. The first kappa shape index (κ1) is 18.9. The lowest BCUT2D eigenvalue weighted by Gasteiger charge is -2.30. The van der Waals surface area contributed by atoms with E-state index < -0.39 is 0 Å². The lowest BCUT2D eigenvalue weighted by molar-refractivity contribution is -0.124. The zero-order valence-electron chi connectivity index (χ0n) is 13.6. The van der Waals surface area contributed by atoms with Gasteiger partial charge in [-0.1, -0.05) is 6.92 Å². The average molecular weight is 316 g/mol. The van der Waals surface area contributed by atoms with Gasteiger partial charge < -0.3 is 24.4 Å². The summed E-state index contributed by atoms with van der Waals surface area (Å²) in [5.41, 5.74) is 0. The molecule has 0 aromatic carbocycles. The van der Waals surface area contributed by atoms with Gasteiger partial charge in [-0.3, -0.25) is 4.79 Å². The van der Waals surface area contributed by atoms with Gasteiger partial charge in [0.15, 0.2) is 0 Å². The second-order valence-corrected chi connectivity index (χ2v) is 5.37. The van der Waals surface area contributed by atoms with Gasteiger partial charge in [-0.2, -0.15) is 0 Å². The summed E-state index contributed by atoms with van der Waals surface area (Å²) in [4.78, 5) is 25.0. The maximum atomic E-state index is 11.9. The maximum absolute atomic E-state index is 11.9. The van der Waals surface area contributed by atoms with E-state index in [-0.39, 0.29) is 17.7 Å². The molecule has 1 heterocycles. The average Bonchev–Trinajstić information content (AvgIpc) is 2.51. The third-order valence-electron chi connectivity index (χ3n) is 3.50. The Hall–Kier alpha value is -1.18. The monoisotopic (exact) mass is 316 g/mol. The molecule has 22 heavy (non-hydrogen) atoms. The Morgan fingerprint density at radius 2 is 1.91 bits per heavy atom. The van der Waals surface area contributed by atoms with E-state index in [0.717, 1.165) is 6.42 Å². The minimum atomic E-state index is -0.0951. The highest BCUT2D eigenvalue weighted by molar-refractivity contribution is 5.84. The van der Waals surface area contributed by atoms with Crippen LogP contribution in [0.25, 0.3) is 0 Å². The Morgan fingerprint density at radius 3 is 2.59 bits per heavy atom. The summed E-state index contributed by atoms with van der Waals surface area (Å²) in [5.74, 6) is 0.186. The number of likely N-dealkylation sites (tertiary alicyclic amines) is 1. The van der Waals surface area contributed by atoms with Gasteiger partial charge >= 0.3 is 6.03 Å². The topological polar surface area (TPSA) is 77.1 Å². The molecule has 0 aromatic heterocycles. The molecule has 0 aliphatic carbocycles. The summed E-state index contributed by atoms with van der Waals surface area (Å²) in [7, 11) is 1.64. The predicted octanol–water partition coefficient (Wildman–Crippen LogP) is 0.677. The molecule has 1 N–H and O–H groups in total. The molecule has 1 fully saturated rings. The Kier molecular flexibility index (Phi) is 9.77. The van der Waals surface area contributed by atoms with E-state index >= 15 is 0 Å². The fraction of sp³-hybridized carbons (Fsp3) is 0.867. The van der Waals surface area contributed by atoms with Crippen molar-refractivity contribution in [3.8, 4) is 0 Å². The first-order chi connectivity index (χ1) is 10.6. The van der Waals surface area contributed by atoms with Crippen LogP contribution >= 0.6 is 0 Å². The minimum Gasteiger partial charge on any atom is -0.382 e. The molecule has 0 bridgehead atoms. The number of hydrogen-bond donors (Lipinski definition) is 1. The number of carbonyl (C=O) groups excluding carboxylic acids is 2. The summed E-state index contributed by atoms with van der Waals surface area (Å²) >= 11 is 0. The number of urea groups is 1. The Balaban J connectivity index is 1.94. The van der Waals surface area contributed by atoms with Crippen molar-refractivity contribution in [3.05, 3.63) is 0 Å². The molecule has 0 radical (unpaired) electrons. The highest BCUT2D eigenvalue weighted by Crippen LogP contribution is 2.11. The number of carbonyl (C=O) groups is 2. The first-order valence-electron chi connectivity index (χ1n) is 7.85. The highest BCUT2D eigenvalue weighted by atomic mass is 16.5. The Bertz CT molecular complexity index is 338. The largest absolute Gasteiger partial charge is 0.382 e. The van der Waals surface area contributed by atoms with Gasteiger partial charge in [0.25, 0.3) is 0 Å². The molecule has 1 atom stereocenters. The molecule has 7 heteroatoms. The quantitative estimate of drug-likeness (QED) is 0.600. The van der Waals surface area contributed by atoms with Crippen molar-refractivity contribution in [2.75, 3.05) is 59.8 Å². The van der Waals surface area contributed by atoms with E-state index in [2.05, 4.69) is 5.32 Å². The van der Waals surface area contributed by atoms with Gasteiger partial charge in [-0.15, -0.1) is 0 Å². The van der Waals surface area contributed by atoms with Crippen molar-refractivity contribution in [1.29, 1.82) is 0 Å². The fourth-order valence-electron chi connectivity index (χ4n) is 2.15. The smallest absolute Gasteiger partial charge is 0.317 e. The van der Waals surface area contributed by atoms with Gasteiger partial charge in [0.1, 0.15) is 5.78 Å². The van der Waals surface area contributed by atoms with E-state index in [9.17, 15) is 9.59 Å². The number of methoxy groups -OCH3 is 1. The predicted molar refractivity (Wildman–Crippen MR) is 81.9 cm³/mol. The van der Waals surface area contributed by atoms with Gasteiger partial charge in [0.2, 0.25) is 0 Å². The van der Waals surface area contributed by atoms with Crippen molar-refractivity contribution >= 4 is 11.8 Å². The van der Waals surface area contributed by atoms with Crippen LogP contribution < -0.4 is 5.32 Å². The van der Waals surface area contributed by atoms with Crippen LogP contribution in [0.3, 0.4) is 0 Å². The lowest BCUT2D eigenvalue weighted by atomic mass is 9.99. The molecule has 0 spiro atoms. The van der Waals surface area contributed by atoms with Crippen LogP contribution in [0.1, 0.15) is 19.8 Å². The van der Waals surface area contributed by atoms with Gasteiger partial charge in [-0.25, -0.2) is 4.79 Å². The van der Waals surface area contributed by atoms with E-state index in [1.165, 1.54) is 0 Å². The molecule has 1 rings (SSSR count). The summed E-state index contributed by atoms with van der Waals surface area (Å²) in [5, 5.41) is 2.85. The molecule has 1 saturated heterocycles. The van der Waals surface area contributed by atoms with Crippen LogP contribution in [-0.4, -0.2) is 76.5 Å². The first-order valence-corrected chi connectivity index (χ1v) is 7.85. The van der Waals surface area contributed by atoms with Crippen LogP contribution in [0.2, 0.25) is 0 Å². The molecule has 2 amide bonds. The highest BCUT2D eigenvalue weighted by Gasteiger charge is 2.26. The summed E-state index contributed by atoms with van der Waals surface area (Å²) in [6, 6.07) is -0.0951. The maximum Gasteiger partial charge on any atom is 0.317 e. The third-order valence-corrected chi connectivity index (χ3v) is 3.50. The number of piperidine rings is 1. The number of amides is 2. The number of ketones is 1. The van der Waals surface area contributed by atoms with Crippen LogP contribution in [0.15, 0.2) is 0 Å². The summed E-state index contributed by atoms with van der Waals surface area (Å²) in [6.07, 6.45) is 1.22. The van der Waals surface area contributed by atoms with E-state index in [1.54, 1.807) is 12.0 Å². The fourth-order valence-corrected chi connectivity index (χ4v) is 2.15. The number of nitrogens with zero attached hydrogens (tertiary/aromatic N) is 1. The number of nitrogens with one attached hydrogen (secondary N) is 1. The van der Waals surface area contributed by atoms with Crippen molar-refractivity contribution in [2.24, 2.45) is 5.92 Å². The number of ether oxygens (including phenoxy) is 3. The standard InChI is InChI=1S/C15H28N2O5/c1-13-12-17(6-4-14(13)18)15(19)16-5-3-7-21-10-11-22-9-8-20-2/h13H,3-12H2,1-2H3,(H,16,19)/t13-/m1/s1. The molecule has 0 unspecified atom stereocenters. The third kappa shape index (κ3) is 7.72.